The van der Waals surface area contributed by atoms with E-state index in [1.807, 2.05) is 13.8 Å². The van der Waals surface area contributed by atoms with Crippen molar-refractivity contribution >= 4 is 9.52 Å². The van der Waals surface area contributed by atoms with Crippen LogP contribution in [-0.2, 0) is 14.2 Å². The topological polar surface area (TPSA) is 30.9 Å². The molecule has 0 aliphatic carbocycles. The molecule has 122 valence electrons. The molecule has 0 aromatic heterocycles. The molecule has 0 atom stereocenters. The molecular formula is C15H35NO3Si. The molecule has 0 fully saturated rings. The van der Waals surface area contributed by atoms with Gasteiger partial charge in [0.15, 0.2) is 0 Å². The molecule has 0 spiro atoms. The van der Waals surface area contributed by atoms with Gasteiger partial charge in [-0.15, -0.1) is 0 Å². The van der Waals surface area contributed by atoms with Crippen molar-refractivity contribution in [3.63, 3.8) is 0 Å². The lowest BCUT2D eigenvalue weighted by Crippen LogP contribution is -2.25. The molecule has 0 aliphatic rings. The summed E-state index contributed by atoms with van der Waals surface area (Å²) in [5.74, 6) is 0.104. The van der Waals surface area contributed by atoms with Gasteiger partial charge in [0, 0.05) is 33.0 Å². The summed E-state index contributed by atoms with van der Waals surface area (Å²) in [4.78, 5) is 2.44. The Morgan fingerprint density at radius 3 is 2.05 bits per heavy atom. The molecule has 0 saturated carbocycles. The minimum atomic E-state index is -0.289. The molecule has 20 heavy (non-hydrogen) atoms. The van der Waals surface area contributed by atoms with Crippen molar-refractivity contribution in [1.29, 1.82) is 0 Å². The highest BCUT2D eigenvalue weighted by Crippen LogP contribution is 2.00. The molecule has 0 aliphatic heterocycles. The Morgan fingerprint density at radius 2 is 1.50 bits per heavy atom. The zero-order chi connectivity index (χ0) is 15.1. The van der Waals surface area contributed by atoms with Crippen LogP contribution in [0.4, 0.5) is 0 Å². The standard InChI is InChI=1S/C15H35NO3Si/c1-5-16(6-2)11-9-12-17-13-10-14-20-15(18-7-3)19-8-4/h15H,5-14,20H2,1-4H3. The molecule has 0 saturated heterocycles. The largest absolute Gasteiger partial charge is 0.381 e. The number of hydrogen-bond donors (Lipinski definition) is 0. The zero-order valence-corrected chi connectivity index (χ0v) is 15.4. The first-order valence-corrected chi connectivity index (χ1v) is 10.1. The smallest absolute Gasteiger partial charge is 0.134 e. The molecule has 0 bridgehead atoms. The third-order valence-corrected chi connectivity index (χ3v) is 5.19. The second-order valence-electron chi connectivity index (χ2n) is 4.83. The van der Waals surface area contributed by atoms with Crippen molar-refractivity contribution < 1.29 is 14.2 Å². The molecule has 0 heterocycles. The van der Waals surface area contributed by atoms with Crippen molar-refractivity contribution in [3.8, 4) is 0 Å². The quantitative estimate of drug-likeness (QED) is 0.263. The number of hydrogen-bond acceptors (Lipinski definition) is 4. The Labute approximate surface area is 128 Å². The SMILES string of the molecule is CCOC(OCC)[SiH2]CCCOCCCN(CC)CC. The van der Waals surface area contributed by atoms with Crippen molar-refractivity contribution in [2.75, 3.05) is 46.1 Å². The Balaban J connectivity index is 3.34. The van der Waals surface area contributed by atoms with Crippen LogP contribution in [0.5, 0.6) is 0 Å². The van der Waals surface area contributed by atoms with E-state index in [9.17, 15) is 0 Å². The summed E-state index contributed by atoms with van der Waals surface area (Å²) in [6.07, 6.45) is 2.29. The van der Waals surface area contributed by atoms with Gasteiger partial charge in [0.1, 0.15) is 5.91 Å². The van der Waals surface area contributed by atoms with Gasteiger partial charge >= 0.3 is 0 Å². The monoisotopic (exact) mass is 305 g/mol. The van der Waals surface area contributed by atoms with Crippen LogP contribution in [0.3, 0.4) is 0 Å². The van der Waals surface area contributed by atoms with Crippen LogP contribution in [-0.4, -0.2) is 66.4 Å². The molecule has 0 rings (SSSR count). The first-order valence-electron chi connectivity index (χ1n) is 8.31. The van der Waals surface area contributed by atoms with Crippen LogP contribution < -0.4 is 0 Å². The van der Waals surface area contributed by atoms with E-state index in [4.69, 9.17) is 14.2 Å². The van der Waals surface area contributed by atoms with Gasteiger partial charge in [-0.3, -0.25) is 0 Å². The van der Waals surface area contributed by atoms with E-state index in [0.717, 1.165) is 58.9 Å². The molecule has 0 aromatic rings. The highest BCUT2D eigenvalue weighted by molar-refractivity contribution is 6.36. The number of nitrogens with zero attached hydrogens (tertiary/aromatic N) is 1. The van der Waals surface area contributed by atoms with Gasteiger partial charge in [0.2, 0.25) is 0 Å². The van der Waals surface area contributed by atoms with Crippen LogP contribution in [0.2, 0.25) is 6.04 Å². The summed E-state index contributed by atoms with van der Waals surface area (Å²) < 4.78 is 16.8. The van der Waals surface area contributed by atoms with Crippen molar-refractivity contribution in [2.24, 2.45) is 0 Å². The first-order chi connectivity index (χ1) is 9.78. The number of ether oxygens (including phenoxy) is 3. The second-order valence-corrected chi connectivity index (χ2v) is 6.78. The van der Waals surface area contributed by atoms with Gasteiger partial charge < -0.3 is 19.1 Å². The van der Waals surface area contributed by atoms with Gasteiger partial charge in [-0.2, -0.15) is 0 Å². The maximum atomic E-state index is 5.69. The fraction of sp³-hybridized carbons (Fsp3) is 1.00. The molecule has 0 aromatic carbocycles. The Hall–Kier alpha value is 0.0569. The molecule has 0 unspecified atom stereocenters. The van der Waals surface area contributed by atoms with E-state index in [1.54, 1.807) is 0 Å². The van der Waals surface area contributed by atoms with Crippen LogP contribution in [0.15, 0.2) is 0 Å². The summed E-state index contributed by atoms with van der Waals surface area (Å²) in [5, 5.41) is 0. The predicted molar refractivity (Wildman–Crippen MR) is 88.2 cm³/mol. The Kier molecular flexibility index (Phi) is 15.5. The third-order valence-electron chi connectivity index (χ3n) is 3.34. The van der Waals surface area contributed by atoms with E-state index >= 15 is 0 Å². The summed E-state index contributed by atoms with van der Waals surface area (Å²) in [7, 11) is -0.289. The normalized spacial score (nSPS) is 12.3. The van der Waals surface area contributed by atoms with Crippen molar-refractivity contribution in [1.82, 2.24) is 4.90 Å². The lowest BCUT2D eigenvalue weighted by atomic mass is 10.4. The van der Waals surface area contributed by atoms with E-state index in [0.29, 0.717) is 0 Å². The zero-order valence-electron chi connectivity index (χ0n) is 14.0. The highest BCUT2D eigenvalue weighted by atomic mass is 28.2. The van der Waals surface area contributed by atoms with Crippen LogP contribution in [0, 0.1) is 0 Å². The molecule has 0 amide bonds. The van der Waals surface area contributed by atoms with Crippen LogP contribution >= 0.6 is 0 Å². The number of rotatable bonds is 15. The molecular weight excluding hydrogens is 270 g/mol. The maximum absolute atomic E-state index is 5.69. The van der Waals surface area contributed by atoms with Gasteiger partial charge in [-0.1, -0.05) is 19.9 Å². The van der Waals surface area contributed by atoms with E-state index in [2.05, 4.69) is 18.7 Å². The van der Waals surface area contributed by atoms with E-state index < -0.39 is 0 Å². The average Bonchev–Trinajstić information content (AvgIpc) is 2.46. The van der Waals surface area contributed by atoms with Gasteiger partial charge in [0.05, 0.1) is 9.52 Å². The molecule has 5 heteroatoms. The van der Waals surface area contributed by atoms with E-state index in [-0.39, 0.29) is 15.4 Å². The van der Waals surface area contributed by atoms with Crippen molar-refractivity contribution in [3.05, 3.63) is 0 Å². The fourth-order valence-corrected chi connectivity index (χ4v) is 3.76. The van der Waals surface area contributed by atoms with Crippen LogP contribution in [0.1, 0.15) is 40.5 Å². The lowest BCUT2D eigenvalue weighted by Gasteiger charge is -2.17. The molecule has 0 N–H and O–H groups in total. The summed E-state index contributed by atoms with van der Waals surface area (Å²) in [5.41, 5.74) is 0. The second kappa shape index (κ2) is 15.4. The Morgan fingerprint density at radius 1 is 0.900 bits per heavy atom. The minimum Gasteiger partial charge on any atom is -0.381 e. The summed E-state index contributed by atoms with van der Waals surface area (Å²) in [6, 6.07) is 1.24. The third kappa shape index (κ3) is 11.8. The minimum absolute atomic E-state index is 0.104. The maximum Gasteiger partial charge on any atom is 0.134 e. The van der Waals surface area contributed by atoms with Crippen molar-refractivity contribution in [2.45, 2.75) is 52.5 Å². The highest BCUT2D eigenvalue weighted by Gasteiger charge is 2.07. The van der Waals surface area contributed by atoms with Crippen LogP contribution in [0.25, 0.3) is 0 Å². The van der Waals surface area contributed by atoms with Gasteiger partial charge in [0.25, 0.3) is 0 Å². The summed E-state index contributed by atoms with van der Waals surface area (Å²) >= 11 is 0. The van der Waals surface area contributed by atoms with Gasteiger partial charge in [-0.25, -0.2) is 0 Å². The average molecular weight is 306 g/mol. The van der Waals surface area contributed by atoms with E-state index in [1.165, 1.54) is 6.04 Å². The predicted octanol–water partition coefficient (Wildman–Crippen LogP) is 2.07. The Bertz CT molecular complexity index is 186. The fourth-order valence-electron chi connectivity index (χ4n) is 2.13. The summed E-state index contributed by atoms with van der Waals surface area (Å²) in [6.45, 7) is 15.2. The molecule has 4 nitrogen and oxygen atoms in total. The first kappa shape index (κ1) is 20.1. The lowest BCUT2D eigenvalue weighted by molar-refractivity contribution is -0.0828. The molecule has 0 radical (unpaired) electrons. The van der Waals surface area contributed by atoms with Gasteiger partial charge in [-0.05, 0) is 39.8 Å².